The van der Waals surface area contributed by atoms with Crippen LogP contribution < -0.4 is 10.4 Å². The average Bonchev–Trinajstić information content (AvgIpc) is 2.27. The van der Waals surface area contributed by atoms with Gasteiger partial charge in [0.2, 0.25) is 5.88 Å². The molecular weight excluding hydrogens is 208 g/mol. The second-order valence-corrected chi connectivity index (χ2v) is 3.62. The molecule has 1 aromatic rings. The van der Waals surface area contributed by atoms with Gasteiger partial charge in [-0.3, -0.25) is 4.57 Å². The molecule has 0 aliphatic rings. The van der Waals surface area contributed by atoms with E-state index >= 15 is 0 Å². The number of nitrogens with zero attached hydrogens (tertiary/aromatic N) is 2. The average molecular weight is 226 g/mol. The molecule has 0 N–H and O–H groups in total. The van der Waals surface area contributed by atoms with Gasteiger partial charge in [0, 0.05) is 12.3 Å². The minimum atomic E-state index is -0.358. The molecule has 0 saturated carbocycles. The maximum atomic E-state index is 11.5. The molecule has 5 heteroatoms. The Morgan fingerprint density at radius 3 is 2.88 bits per heavy atom. The first-order valence-electron chi connectivity index (χ1n) is 5.40. The van der Waals surface area contributed by atoms with Crippen molar-refractivity contribution in [2.24, 2.45) is 0 Å². The molecule has 0 bridgehead atoms. The topological polar surface area (TPSA) is 53.4 Å². The van der Waals surface area contributed by atoms with E-state index in [4.69, 9.17) is 9.47 Å². The van der Waals surface area contributed by atoms with Gasteiger partial charge in [-0.15, -0.1) is 0 Å². The quantitative estimate of drug-likeness (QED) is 0.736. The third-order valence-corrected chi connectivity index (χ3v) is 2.25. The van der Waals surface area contributed by atoms with Crippen LogP contribution in [0.1, 0.15) is 26.7 Å². The second-order valence-electron chi connectivity index (χ2n) is 3.62. The Balaban J connectivity index is 2.58. The van der Waals surface area contributed by atoms with Crippen molar-refractivity contribution >= 4 is 0 Å². The predicted molar refractivity (Wildman–Crippen MR) is 60.5 cm³/mol. The van der Waals surface area contributed by atoms with Gasteiger partial charge >= 0.3 is 5.69 Å². The summed E-state index contributed by atoms with van der Waals surface area (Å²) in [5.41, 5.74) is -0.358. The monoisotopic (exact) mass is 226 g/mol. The lowest BCUT2D eigenvalue weighted by molar-refractivity contribution is 0.0105. The first-order chi connectivity index (χ1) is 7.67. The summed E-state index contributed by atoms with van der Waals surface area (Å²) in [6, 6.07) is 1.63. The van der Waals surface area contributed by atoms with E-state index in [0.29, 0.717) is 5.88 Å². The van der Waals surface area contributed by atoms with Gasteiger partial charge in [-0.25, -0.2) is 4.79 Å². The van der Waals surface area contributed by atoms with Crippen molar-refractivity contribution < 1.29 is 9.47 Å². The van der Waals surface area contributed by atoms with Crippen LogP contribution in [0.4, 0.5) is 0 Å². The van der Waals surface area contributed by atoms with Crippen LogP contribution in [0.15, 0.2) is 17.1 Å². The third-order valence-electron chi connectivity index (χ3n) is 2.25. The molecule has 1 aromatic heterocycles. The fourth-order valence-electron chi connectivity index (χ4n) is 1.32. The lowest BCUT2D eigenvalue weighted by atomic mass is 10.2. The molecule has 1 rings (SSSR count). The molecule has 0 radical (unpaired) electrons. The zero-order valence-corrected chi connectivity index (χ0v) is 9.97. The van der Waals surface area contributed by atoms with Crippen LogP contribution in [-0.2, 0) is 11.5 Å². The Hall–Kier alpha value is -1.36. The number of hydrogen-bond donors (Lipinski definition) is 0. The van der Waals surface area contributed by atoms with Crippen molar-refractivity contribution in [3.8, 4) is 5.88 Å². The number of hydrogen-bond acceptors (Lipinski definition) is 4. The summed E-state index contributed by atoms with van der Waals surface area (Å²) >= 11 is 0. The molecule has 1 heterocycles. The van der Waals surface area contributed by atoms with E-state index in [-0.39, 0.29) is 18.5 Å². The zero-order valence-electron chi connectivity index (χ0n) is 9.97. The molecule has 0 fully saturated rings. The van der Waals surface area contributed by atoms with Crippen LogP contribution in [0.5, 0.6) is 5.88 Å². The summed E-state index contributed by atoms with van der Waals surface area (Å²) in [5.74, 6) is 0.322. The fourth-order valence-corrected chi connectivity index (χ4v) is 1.32. The molecule has 1 atom stereocenters. The van der Waals surface area contributed by atoms with E-state index in [2.05, 4.69) is 11.9 Å². The molecule has 0 aliphatic carbocycles. The van der Waals surface area contributed by atoms with Gasteiger partial charge in [0.25, 0.3) is 0 Å². The van der Waals surface area contributed by atoms with Crippen LogP contribution in [0.25, 0.3) is 0 Å². The van der Waals surface area contributed by atoms with E-state index < -0.39 is 0 Å². The van der Waals surface area contributed by atoms with Crippen LogP contribution >= 0.6 is 0 Å². The van der Waals surface area contributed by atoms with Gasteiger partial charge in [0.05, 0.1) is 13.2 Å². The first-order valence-corrected chi connectivity index (χ1v) is 5.40. The SMILES string of the molecule is CCCC(C)OCn1ccc(OC)nc1=O. The number of rotatable bonds is 6. The molecule has 16 heavy (non-hydrogen) atoms. The second kappa shape index (κ2) is 6.27. The molecule has 0 aromatic carbocycles. The molecule has 0 amide bonds. The Labute approximate surface area is 95.0 Å². The van der Waals surface area contributed by atoms with Gasteiger partial charge < -0.3 is 9.47 Å². The predicted octanol–water partition coefficient (Wildman–Crippen LogP) is 1.41. The highest BCUT2D eigenvalue weighted by molar-refractivity contribution is 5.04. The van der Waals surface area contributed by atoms with Crippen molar-refractivity contribution in [1.82, 2.24) is 9.55 Å². The summed E-state index contributed by atoms with van der Waals surface area (Å²) in [7, 11) is 1.48. The molecule has 90 valence electrons. The highest BCUT2D eigenvalue weighted by Crippen LogP contribution is 2.03. The number of methoxy groups -OCH3 is 1. The third kappa shape index (κ3) is 3.66. The van der Waals surface area contributed by atoms with Gasteiger partial charge in [-0.1, -0.05) is 13.3 Å². The summed E-state index contributed by atoms with van der Waals surface area (Å²) < 4.78 is 11.8. The van der Waals surface area contributed by atoms with Crippen LogP contribution in [0.3, 0.4) is 0 Å². The van der Waals surface area contributed by atoms with Gasteiger partial charge in [0.1, 0.15) is 6.73 Å². The molecule has 0 spiro atoms. The molecular formula is C11H18N2O3. The summed E-state index contributed by atoms with van der Waals surface area (Å²) in [4.78, 5) is 15.2. The van der Waals surface area contributed by atoms with E-state index in [0.717, 1.165) is 12.8 Å². The number of aromatic nitrogens is 2. The van der Waals surface area contributed by atoms with Crippen molar-refractivity contribution in [3.63, 3.8) is 0 Å². The lowest BCUT2D eigenvalue weighted by Gasteiger charge is -2.12. The van der Waals surface area contributed by atoms with Crippen LogP contribution in [-0.4, -0.2) is 22.8 Å². The Morgan fingerprint density at radius 2 is 2.31 bits per heavy atom. The van der Waals surface area contributed by atoms with E-state index in [1.54, 1.807) is 12.3 Å². The first kappa shape index (κ1) is 12.7. The molecule has 5 nitrogen and oxygen atoms in total. The Kier molecular flexibility index (Phi) is 4.98. The Morgan fingerprint density at radius 1 is 1.56 bits per heavy atom. The summed E-state index contributed by atoms with van der Waals surface area (Å²) in [5, 5.41) is 0. The number of ether oxygens (including phenoxy) is 2. The maximum absolute atomic E-state index is 11.5. The van der Waals surface area contributed by atoms with E-state index in [1.165, 1.54) is 11.7 Å². The van der Waals surface area contributed by atoms with Gasteiger partial charge in [-0.05, 0) is 13.3 Å². The van der Waals surface area contributed by atoms with E-state index in [1.807, 2.05) is 6.92 Å². The highest BCUT2D eigenvalue weighted by Gasteiger charge is 2.03. The van der Waals surface area contributed by atoms with E-state index in [9.17, 15) is 4.79 Å². The maximum Gasteiger partial charge on any atom is 0.352 e. The van der Waals surface area contributed by atoms with Crippen LogP contribution in [0, 0.1) is 0 Å². The van der Waals surface area contributed by atoms with Crippen molar-refractivity contribution in [1.29, 1.82) is 0 Å². The molecule has 1 unspecified atom stereocenters. The van der Waals surface area contributed by atoms with Gasteiger partial charge in [0.15, 0.2) is 0 Å². The lowest BCUT2D eigenvalue weighted by Crippen LogP contribution is -2.25. The standard InChI is InChI=1S/C11H18N2O3/c1-4-5-9(2)16-8-13-7-6-10(15-3)12-11(13)14/h6-7,9H,4-5,8H2,1-3H3. The summed E-state index contributed by atoms with van der Waals surface area (Å²) in [6.07, 6.45) is 3.82. The van der Waals surface area contributed by atoms with Crippen molar-refractivity contribution in [2.45, 2.75) is 39.5 Å². The minimum Gasteiger partial charge on any atom is -0.481 e. The smallest absolute Gasteiger partial charge is 0.352 e. The summed E-state index contributed by atoms with van der Waals surface area (Å²) in [6.45, 7) is 4.32. The Bertz CT molecular complexity index is 376. The molecule has 0 saturated heterocycles. The largest absolute Gasteiger partial charge is 0.481 e. The van der Waals surface area contributed by atoms with Crippen molar-refractivity contribution in [2.75, 3.05) is 7.11 Å². The van der Waals surface area contributed by atoms with Crippen LogP contribution in [0.2, 0.25) is 0 Å². The minimum absolute atomic E-state index is 0.152. The fraction of sp³-hybridized carbons (Fsp3) is 0.636. The highest BCUT2D eigenvalue weighted by atomic mass is 16.5. The van der Waals surface area contributed by atoms with Crippen molar-refractivity contribution in [3.05, 3.63) is 22.7 Å². The van der Waals surface area contributed by atoms with Gasteiger partial charge in [-0.2, -0.15) is 4.98 Å². The molecule has 0 aliphatic heterocycles. The normalized spacial score (nSPS) is 12.4. The zero-order chi connectivity index (χ0) is 12.0.